The Hall–Kier alpha value is -3.77. The minimum absolute atomic E-state index is 0.0626. The van der Waals surface area contributed by atoms with Crippen LogP contribution in [0, 0.1) is 12.8 Å². The Bertz CT molecular complexity index is 1370. The van der Waals surface area contributed by atoms with Crippen LogP contribution < -0.4 is 21.7 Å². The molecular formula is C33H47N7O4S. The Balaban J connectivity index is 1.24. The maximum absolute atomic E-state index is 13.1. The van der Waals surface area contributed by atoms with Crippen LogP contribution in [-0.2, 0) is 40.2 Å². The molecule has 1 saturated carbocycles. The molecule has 3 aromatic rings. The molecule has 2 atom stereocenters. The lowest BCUT2D eigenvalue weighted by Gasteiger charge is -2.24. The number of thiazole rings is 1. The van der Waals surface area contributed by atoms with E-state index in [1.807, 2.05) is 43.6 Å². The summed E-state index contributed by atoms with van der Waals surface area (Å²) in [5.74, 6) is 0.269. The van der Waals surface area contributed by atoms with Gasteiger partial charge in [0.25, 0.3) is 0 Å². The van der Waals surface area contributed by atoms with E-state index in [0.717, 1.165) is 43.6 Å². The molecule has 1 aliphatic carbocycles. The summed E-state index contributed by atoms with van der Waals surface area (Å²) < 4.78 is 2.15. The number of imidazole rings is 1. The highest BCUT2D eigenvalue weighted by molar-refractivity contribution is 7.13. The average molecular weight is 638 g/mol. The first kappa shape index (κ1) is 34.1. The zero-order chi connectivity index (χ0) is 32.0. The van der Waals surface area contributed by atoms with Gasteiger partial charge in [0.15, 0.2) is 5.13 Å². The molecule has 1 aliphatic rings. The van der Waals surface area contributed by atoms with E-state index < -0.39 is 30.5 Å². The minimum atomic E-state index is -1.20. The van der Waals surface area contributed by atoms with Crippen molar-refractivity contribution >= 4 is 34.2 Å². The van der Waals surface area contributed by atoms with Crippen molar-refractivity contribution in [2.45, 2.75) is 96.2 Å². The molecule has 12 heteroatoms. The molecule has 45 heavy (non-hydrogen) atoms. The van der Waals surface area contributed by atoms with Crippen molar-refractivity contribution in [1.29, 1.82) is 0 Å². The molecule has 244 valence electrons. The van der Waals surface area contributed by atoms with Gasteiger partial charge < -0.3 is 31.4 Å². The molecule has 1 aromatic carbocycles. The molecule has 3 amide bonds. The third kappa shape index (κ3) is 11.3. The molecule has 1 fully saturated rings. The van der Waals surface area contributed by atoms with E-state index in [-0.39, 0.29) is 18.7 Å². The number of aliphatic hydroxyl groups is 1. The number of aromatic nitrogens is 3. The van der Waals surface area contributed by atoms with Crippen LogP contribution in [-0.4, -0.2) is 62.6 Å². The number of benzene rings is 1. The van der Waals surface area contributed by atoms with Gasteiger partial charge in [0.1, 0.15) is 17.9 Å². The molecule has 0 unspecified atom stereocenters. The van der Waals surface area contributed by atoms with Crippen molar-refractivity contribution in [3.8, 4) is 0 Å². The van der Waals surface area contributed by atoms with Crippen molar-refractivity contribution in [3.63, 3.8) is 0 Å². The van der Waals surface area contributed by atoms with Crippen LogP contribution >= 0.6 is 11.3 Å². The molecule has 4 rings (SSSR count). The standard InChI is InChI=1S/C33H47N7O4S/c1-23-35-16-18-40(23)17-6-5-9-25-10-12-26(13-11-25)19-30(42)38-29(21-41)32(44)39-28(20-27-22-45-33(34)37-27)31(43)36-15-14-24-7-3-2-4-8-24/h10-13,16,18,22,24,28-29,41H,2-9,14-15,17,19-21H2,1H3,(H2,34,37)(H,36,43)(H,38,42)(H,39,44)/t28-,29-/m0/s1. The highest BCUT2D eigenvalue weighted by Crippen LogP contribution is 2.25. The van der Waals surface area contributed by atoms with Gasteiger partial charge in [-0.15, -0.1) is 11.3 Å². The van der Waals surface area contributed by atoms with Crippen LogP contribution in [0.25, 0.3) is 0 Å². The first-order valence-corrected chi connectivity index (χ1v) is 16.9. The number of unbranched alkanes of at least 4 members (excludes halogenated alkanes) is 1. The Morgan fingerprint density at radius 2 is 1.80 bits per heavy atom. The first-order valence-electron chi connectivity index (χ1n) is 16.0. The number of aryl methyl sites for hydroxylation is 3. The zero-order valence-corrected chi connectivity index (χ0v) is 27.0. The second-order valence-electron chi connectivity index (χ2n) is 11.9. The number of hydrogen-bond donors (Lipinski definition) is 5. The van der Waals surface area contributed by atoms with Crippen molar-refractivity contribution < 1.29 is 19.5 Å². The lowest BCUT2D eigenvalue weighted by Crippen LogP contribution is -2.55. The Kier molecular flexibility index (Phi) is 13.4. The minimum Gasteiger partial charge on any atom is -0.394 e. The van der Waals surface area contributed by atoms with E-state index in [4.69, 9.17) is 5.73 Å². The zero-order valence-electron chi connectivity index (χ0n) is 26.2. The van der Waals surface area contributed by atoms with Crippen LogP contribution in [0.1, 0.15) is 74.0 Å². The van der Waals surface area contributed by atoms with Gasteiger partial charge in [-0.2, -0.15) is 0 Å². The number of nitrogen functional groups attached to an aromatic ring is 1. The summed E-state index contributed by atoms with van der Waals surface area (Å²) in [6, 6.07) is 5.74. The van der Waals surface area contributed by atoms with Gasteiger partial charge in [-0.1, -0.05) is 56.4 Å². The normalized spacial score (nSPS) is 14.9. The average Bonchev–Trinajstić information content (AvgIpc) is 3.65. The van der Waals surface area contributed by atoms with Crippen molar-refractivity contribution in [2.75, 3.05) is 18.9 Å². The lowest BCUT2D eigenvalue weighted by atomic mass is 9.87. The number of nitrogens with two attached hydrogens (primary N) is 1. The summed E-state index contributed by atoms with van der Waals surface area (Å²) in [5, 5.41) is 20.4. The quantitative estimate of drug-likeness (QED) is 0.142. The summed E-state index contributed by atoms with van der Waals surface area (Å²) in [4.78, 5) is 47.6. The molecule has 2 aromatic heterocycles. The van der Waals surface area contributed by atoms with Gasteiger partial charge in [0, 0.05) is 37.3 Å². The van der Waals surface area contributed by atoms with E-state index in [1.165, 1.54) is 49.0 Å². The van der Waals surface area contributed by atoms with Gasteiger partial charge in [0.05, 0.1) is 18.7 Å². The number of amides is 3. The van der Waals surface area contributed by atoms with E-state index in [2.05, 4.69) is 30.5 Å². The Morgan fingerprint density at radius 1 is 1.04 bits per heavy atom. The lowest BCUT2D eigenvalue weighted by molar-refractivity contribution is -0.132. The largest absolute Gasteiger partial charge is 0.394 e. The number of hydrogen-bond acceptors (Lipinski definition) is 8. The molecule has 0 spiro atoms. The highest BCUT2D eigenvalue weighted by Gasteiger charge is 2.27. The topological polar surface area (TPSA) is 164 Å². The summed E-state index contributed by atoms with van der Waals surface area (Å²) in [7, 11) is 0. The Labute approximate surface area is 269 Å². The van der Waals surface area contributed by atoms with Crippen LogP contribution in [0.15, 0.2) is 42.0 Å². The predicted octanol–water partition coefficient (Wildman–Crippen LogP) is 3.09. The molecule has 6 N–H and O–H groups in total. The number of aliphatic hydroxyl groups excluding tert-OH is 1. The van der Waals surface area contributed by atoms with Crippen LogP contribution in [0.5, 0.6) is 0 Å². The van der Waals surface area contributed by atoms with Crippen molar-refractivity contribution in [2.24, 2.45) is 5.92 Å². The van der Waals surface area contributed by atoms with E-state index >= 15 is 0 Å². The summed E-state index contributed by atoms with van der Waals surface area (Å²) in [6.07, 6.45) is 14.1. The van der Waals surface area contributed by atoms with Gasteiger partial charge in [-0.25, -0.2) is 9.97 Å². The van der Waals surface area contributed by atoms with Crippen molar-refractivity contribution in [3.05, 3.63) is 64.7 Å². The van der Waals surface area contributed by atoms with E-state index in [9.17, 15) is 19.5 Å². The summed E-state index contributed by atoms with van der Waals surface area (Å²) >= 11 is 1.26. The van der Waals surface area contributed by atoms with Gasteiger partial charge in [-0.05, 0) is 49.7 Å². The van der Waals surface area contributed by atoms with E-state index in [1.54, 1.807) is 5.38 Å². The van der Waals surface area contributed by atoms with Crippen LogP contribution in [0.4, 0.5) is 5.13 Å². The van der Waals surface area contributed by atoms with E-state index in [0.29, 0.717) is 23.3 Å². The second kappa shape index (κ2) is 17.6. The Morgan fingerprint density at radius 3 is 2.47 bits per heavy atom. The molecular weight excluding hydrogens is 590 g/mol. The fourth-order valence-corrected chi connectivity index (χ4v) is 6.38. The maximum Gasteiger partial charge on any atom is 0.245 e. The van der Waals surface area contributed by atoms with Crippen LogP contribution in [0.3, 0.4) is 0 Å². The monoisotopic (exact) mass is 637 g/mol. The summed E-state index contributed by atoms with van der Waals surface area (Å²) in [6.45, 7) is 2.86. The number of nitrogens with zero attached hydrogens (tertiary/aromatic N) is 3. The molecule has 11 nitrogen and oxygen atoms in total. The molecule has 0 radical (unpaired) electrons. The number of rotatable bonds is 17. The molecule has 0 aliphatic heterocycles. The number of anilines is 1. The van der Waals surface area contributed by atoms with Crippen molar-refractivity contribution in [1.82, 2.24) is 30.5 Å². The van der Waals surface area contributed by atoms with Gasteiger partial charge in [-0.3, -0.25) is 14.4 Å². The third-order valence-electron chi connectivity index (χ3n) is 8.45. The number of nitrogens with one attached hydrogen (secondary N) is 3. The van der Waals surface area contributed by atoms with Gasteiger partial charge in [0.2, 0.25) is 17.7 Å². The van der Waals surface area contributed by atoms with Gasteiger partial charge >= 0.3 is 0 Å². The molecule has 0 saturated heterocycles. The first-order chi connectivity index (χ1) is 21.8. The summed E-state index contributed by atoms with van der Waals surface area (Å²) in [5.41, 5.74) is 8.36. The number of carbonyl (C=O) groups excluding carboxylic acids is 3. The molecule has 0 bridgehead atoms. The number of carbonyl (C=O) groups is 3. The molecule has 2 heterocycles. The highest BCUT2D eigenvalue weighted by atomic mass is 32.1. The second-order valence-corrected chi connectivity index (χ2v) is 12.8. The fourth-order valence-electron chi connectivity index (χ4n) is 5.81. The smallest absolute Gasteiger partial charge is 0.245 e. The van der Waals surface area contributed by atoms with Crippen LogP contribution in [0.2, 0.25) is 0 Å². The third-order valence-corrected chi connectivity index (χ3v) is 9.18. The predicted molar refractivity (Wildman–Crippen MR) is 175 cm³/mol. The SMILES string of the molecule is Cc1nccn1CCCCc1ccc(CC(=O)N[C@@H](CO)C(=O)N[C@@H](Cc2csc(N)n2)C(=O)NCCC2CCCCC2)cc1. The maximum atomic E-state index is 13.1. The fraction of sp³-hybridized carbons (Fsp3) is 0.545.